The Hall–Kier alpha value is -0.0900. The van der Waals surface area contributed by atoms with E-state index in [2.05, 4.69) is 21.2 Å². The third-order valence-corrected chi connectivity index (χ3v) is 1.65. The first-order chi connectivity index (χ1) is 5.81. The molecule has 3 nitrogen and oxygen atoms in total. The van der Waals surface area contributed by atoms with Gasteiger partial charge in [0.25, 0.3) is 0 Å². The van der Waals surface area contributed by atoms with Crippen LogP contribution in [0.3, 0.4) is 0 Å². The Morgan fingerprint density at radius 2 is 2.25 bits per heavy atom. The van der Waals surface area contributed by atoms with Gasteiger partial charge in [0, 0.05) is 24.9 Å². The molecule has 0 fully saturated rings. The number of alkyl halides is 1. The molecule has 0 heterocycles. The monoisotopic (exact) mass is 237 g/mol. The van der Waals surface area contributed by atoms with Crippen LogP contribution in [0.25, 0.3) is 0 Å². The lowest BCUT2D eigenvalue weighted by atomic mass is 10.4. The van der Waals surface area contributed by atoms with E-state index < -0.39 is 0 Å². The van der Waals surface area contributed by atoms with Crippen molar-refractivity contribution in [3.8, 4) is 0 Å². The molecule has 0 spiro atoms. The van der Waals surface area contributed by atoms with Crippen LogP contribution in [-0.2, 0) is 9.53 Å². The minimum absolute atomic E-state index is 0.107. The molecule has 0 bridgehead atoms. The topological polar surface area (TPSA) is 38.3 Å². The zero-order valence-electron chi connectivity index (χ0n) is 7.44. The summed E-state index contributed by atoms with van der Waals surface area (Å²) in [5.41, 5.74) is 0. The molecule has 0 aliphatic rings. The highest BCUT2D eigenvalue weighted by Gasteiger charge is 1.94. The number of hydrogen-bond acceptors (Lipinski definition) is 2. The third-order valence-electron chi connectivity index (χ3n) is 1.33. The summed E-state index contributed by atoms with van der Waals surface area (Å²) in [6, 6.07) is 0. The normalized spacial score (nSPS) is 9.83. The van der Waals surface area contributed by atoms with E-state index in [4.69, 9.17) is 4.74 Å². The highest BCUT2D eigenvalue weighted by atomic mass is 79.9. The fourth-order valence-electron chi connectivity index (χ4n) is 0.684. The molecule has 12 heavy (non-hydrogen) atoms. The van der Waals surface area contributed by atoms with Gasteiger partial charge in [0.05, 0.1) is 6.61 Å². The molecule has 4 heteroatoms. The Bertz CT molecular complexity index is 120. The van der Waals surface area contributed by atoms with Gasteiger partial charge in [-0.15, -0.1) is 0 Å². The van der Waals surface area contributed by atoms with Gasteiger partial charge in [0.15, 0.2) is 0 Å². The molecular weight excluding hydrogens is 222 g/mol. The number of hydrogen-bond donors (Lipinski definition) is 1. The Labute approximate surface area is 82.0 Å². The maximum absolute atomic E-state index is 10.7. The number of ether oxygens (including phenoxy) is 1. The Morgan fingerprint density at radius 3 is 2.83 bits per heavy atom. The fraction of sp³-hybridized carbons (Fsp3) is 0.875. The molecule has 0 aliphatic carbocycles. The molecule has 0 radical (unpaired) electrons. The van der Waals surface area contributed by atoms with Crippen LogP contribution in [0.2, 0.25) is 0 Å². The average Bonchev–Trinajstić information content (AvgIpc) is 2.10. The maximum atomic E-state index is 10.7. The van der Waals surface area contributed by atoms with Crippen LogP contribution in [-0.4, -0.2) is 31.0 Å². The summed E-state index contributed by atoms with van der Waals surface area (Å²) in [7, 11) is 0. The van der Waals surface area contributed by atoms with E-state index in [0.29, 0.717) is 6.42 Å². The lowest BCUT2D eigenvalue weighted by Gasteiger charge is -2.03. The summed E-state index contributed by atoms with van der Waals surface area (Å²) in [5.74, 6) is 0.107. The molecule has 0 aromatic heterocycles. The first kappa shape index (κ1) is 11.9. The Morgan fingerprint density at radius 1 is 1.50 bits per heavy atom. The summed E-state index contributed by atoms with van der Waals surface area (Å²) in [6.07, 6.45) is 1.45. The van der Waals surface area contributed by atoms with Gasteiger partial charge in [-0.25, -0.2) is 0 Å². The standard InChI is InChI=1S/C8H16BrNO2/c1-2-8(11)10-5-3-6-12-7-4-9/h2-7H2,1H3,(H,10,11). The Kier molecular flexibility index (Phi) is 8.93. The molecular formula is C8H16BrNO2. The van der Waals surface area contributed by atoms with Gasteiger partial charge in [0.2, 0.25) is 5.91 Å². The lowest BCUT2D eigenvalue weighted by molar-refractivity contribution is -0.120. The van der Waals surface area contributed by atoms with Crippen LogP contribution in [0.4, 0.5) is 0 Å². The smallest absolute Gasteiger partial charge is 0.219 e. The van der Waals surface area contributed by atoms with E-state index in [1.807, 2.05) is 6.92 Å². The molecule has 0 aliphatic heterocycles. The van der Waals surface area contributed by atoms with Gasteiger partial charge >= 0.3 is 0 Å². The molecule has 0 unspecified atom stereocenters. The number of halogens is 1. The lowest BCUT2D eigenvalue weighted by Crippen LogP contribution is -2.24. The van der Waals surface area contributed by atoms with Gasteiger partial charge in [0.1, 0.15) is 0 Å². The van der Waals surface area contributed by atoms with Crippen molar-refractivity contribution >= 4 is 21.8 Å². The SMILES string of the molecule is CCC(=O)NCCCOCCBr. The van der Waals surface area contributed by atoms with E-state index in [0.717, 1.165) is 31.5 Å². The van der Waals surface area contributed by atoms with Crippen LogP contribution >= 0.6 is 15.9 Å². The molecule has 0 rings (SSSR count). The van der Waals surface area contributed by atoms with Crippen LogP contribution in [0, 0.1) is 0 Å². The maximum Gasteiger partial charge on any atom is 0.219 e. The molecule has 1 amide bonds. The van der Waals surface area contributed by atoms with Crippen molar-refractivity contribution in [2.75, 3.05) is 25.1 Å². The van der Waals surface area contributed by atoms with E-state index in [9.17, 15) is 4.79 Å². The minimum Gasteiger partial charge on any atom is -0.381 e. The van der Waals surface area contributed by atoms with Crippen LogP contribution in [0.1, 0.15) is 19.8 Å². The van der Waals surface area contributed by atoms with E-state index >= 15 is 0 Å². The van der Waals surface area contributed by atoms with Crippen molar-refractivity contribution in [1.29, 1.82) is 0 Å². The predicted molar refractivity (Wildman–Crippen MR) is 52.5 cm³/mol. The van der Waals surface area contributed by atoms with Crippen LogP contribution in [0.15, 0.2) is 0 Å². The zero-order valence-corrected chi connectivity index (χ0v) is 9.02. The quantitative estimate of drug-likeness (QED) is 0.536. The van der Waals surface area contributed by atoms with E-state index in [1.165, 1.54) is 0 Å². The molecule has 0 saturated carbocycles. The molecule has 0 aromatic carbocycles. The molecule has 72 valence electrons. The second-order valence-electron chi connectivity index (χ2n) is 2.36. The third kappa shape index (κ3) is 8.01. The van der Waals surface area contributed by atoms with Crippen molar-refractivity contribution < 1.29 is 9.53 Å². The van der Waals surface area contributed by atoms with Gasteiger partial charge in [-0.3, -0.25) is 4.79 Å². The number of amides is 1. The van der Waals surface area contributed by atoms with Gasteiger partial charge in [-0.2, -0.15) is 0 Å². The van der Waals surface area contributed by atoms with E-state index in [1.54, 1.807) is 0 Å². The largest absolute Gasteiger partial charge is 0.381 e. The summed E-state index contributed by atoms with van der Waals surface area (Å²) in [5, 5.41) is 3.65. The zero-order chi connectivity index (χ0) is 9.23. The minimum atomic E-state index is 0.107. The highest BCUT2D eigenvalue weighted by molar-refractivity contribution is 9.09. The molecule has 0 atom stereocenters. The average molecular weight is 238 g/mol. The highest BCUT2D eigenvalue weighted by Crippen LogP contribution is 1.85. The fourth-order valence-corrected chi connectivity index (χ4v) is 0.913. The number of nitrogens with one attached hydrogen (secondary N) is 1. The number of carbonyl (C=O) groups is 1. The van der Waals surface area contributed by atoms with Crippen molar-refractivity contribution in [2.24, 2.45) is 0 Å². The molecule has 0 aromatic rings. The van der Waals surface area contributed by atoms with Gasteiger partial charge < -0.3 is 10.1 Å². The van der Waals surface area contributed by atoms with Crippen molar-refractivity contribution in [3.63, 3.8) is 0 Å². The van der Waals surface area contributed by atoms with Gasteiger partial charge in [-0.05, 0) is 6.42 Å². The number of rotatable bonds is 7. The summed E-state index contributed by atoms with van der Waals surface area (Å²) in [4.78, 5) is 10.7. The Balaban J connectivity index is 2.95. The summed E-state index contributed by atoms with van der Waals surface area (Å²) in [6.45, 7) is 4.02. The first-order valence-electron chi connectivity index (χ1n) is 4.21. The second kappa shape index (κ2) is 9.00. The summed E-state index contributed by atoms with van der Waals surface area (Å²) >= 11 is 3.26. The number of carbonyl (C=O) groups excluding carboxylic acids is 1. The van der Waals surface area contributed by atoms with Gasteiger partial charge in [-0.1, -0.05) is 22.9 Å². The van der Waals surface area contributed by atoms with E-state index in [-0.39, 0.29) is 5.91 Å². The molecule has 0 saturated heterocycles. The van der Waals surface area contributed by atoms with Crippen molar-refractivity contribution in [1.82, 2.24) is 5.32 Å². The first-order valence-corrected chi connectivity index (χ1v) is 5.33. The van der Waals surface area contributed by atoms with Crippen LogP contribution < -0.4 is 5.32 Å². The van der Waals surface area contributed by atoms with Crippen molar-refractivity contribution in [2.45, 2.75) is 19.8 Å². The summed E-state index contributed by atoms with van der Waals surface area (Å²) < 4.78 is 5.20. The predicted octanol–water partition coefficient (Wildman–Crippen LogP) is 1.31. The second-order valence-corrected chi connectivity index (χ2v) is 3.15. The van der Waals surface area contributed by atoms with Crippen molar-refractivity contribution in [3.05, 3.63) is 0 Å². The van der Waals surface area contributed by atoms with Crippen LogP contribution in [0.5, 0.6) is 0 Å². The molecule has 1 N–H and O–H groups in total.